The molecule has 4 aromatic rings. The second-order valence-corrected chi connectivity index (χ2v) is 10.4. The molecule has 12 nitrogen and oxygen atoms in total. The van der Waals surface area contributed by atoms with Crippen molar-refractivity contribution in [2.24, 2.45) is 5.92 Å². The Bertz CT molecular complexity index is 1660. The maximum absolute atomic E-state index is 13.5. The fourth-order valence-electron chi connectivity index (χ4n) is 4.76. The van der Waals surface area contributed by atoms with Crippen molar-refractivity contribution in [1.29, 1.82) is 0 Å². The van der Waals surface area contributed by atoms with Crippen molar-refractivity contribution in [2.45, 2.75) is 44.7 Å². The molecule has 1 aliphatic rings. The van der Waals surface area contributed by atoms with Crippen molar-refractivity contribution < 1.29 is 23.5 Å². The summed E-state index contributed by atoms with van der Waals surface area (Å²) in [6, 6.07) is 17.6. The number of benzene rings is 2. The van der Waals surface area contributed by atoms with E-state index in [1.165, 1.54) is 6.20 Å². The first-order valence-corrected chi connectivity index (χ1v) is 13.5. The number of carbonyl (C=O) groups is 3. The third-order valence-corrected chi connectivity index (χ3v) is 7.19. The molecule has 0 radical (unpaired) electrons. The molecule has 2 N–H and O–H groups in total. The van der Waals surface area contributed by atoms with E-state index < -0.39 is 41.3 Å². The lowest BCUT2D eigenvalue weighted by Gasteiger charge is -2.21. The zero-order valence-corrected chi connectivity index (χ0v) is 23.4. The van der Waals surface area contributed by atoms with E-state index in [4.69, 9.17) is 4.42 Å². The molecule has 1 fully saturated rings. The van der Waals surface area contributed by atoms with Crippen LogP contribution in [-0.2, 0) is 21.5 Å². The second-order valence-electron chi connectivity index (χ2n) is 10.4. The number of nitrogens with one attached hydrogen (secondary N) is 2. The quantitative estimate of drug-likeness (QED) is 0.272. The van der Waals surface area contributed by atoms with Gasteiger partial charge >= 0.3 is 6.09 Å². The first kappa shape index (κ1) is 28.4. The van der Waals surface area contributed by atoms with Gasteiger partial charge in [0.25, 0.3) is 11.4 Å². The number of ether oxygens (including phenoxy) is 1. The Kier molecular flexibility index (Phi) is 7.96. The van der Waals surface area contributed by atoms with Crippen molar-refractivity contribution in [1.82, 2.24) is 25.1 Å². The molecule has 2 aromatic heterocycles. The van der Waals surface area contributed by atoms with Gasteiger partial charge in [-0.25, -0.2) is 9.78 Å². The van der Waals surface area contributed by atoms with Gasteiger partial charge in [-0.05, 0) is 24.3 Å². The molecule has 12 heteroatoms. The lowest BCUT2D eigenvalue weighted by molar-refractivity contribution is -0.122. The van der Waals surface area contributed by atoms with Crippen LogP contribution in [0.25, 0.3) is 11.4 Å². The third-order valence-electron chi connectivity index (χ3n) is 7.19. The van der Waals surface area contributed by atoms with E-state index in [1.807, 2.05) is 30.3 Å². The van der Waals surface area contributed by atoms with Crippen LogP contribution in [-0.4, -0.2) is 50.7 Å². The molecule has 5 rings (SSSR count). The largest absolute Gasteiger partial charge is 0.453 e. The van der Waals surface area contributed by atoms with Gasteiger partial charge in [0, 0.05) is 5.56 Å². The molecule has 2 heterocycles. The van der Waals surface area contributed by atoms with Gasteiger partial charge < -0.3 is 14.5 Å². The Morgan fingerprint density at radius 1 is 1.02 bits per heavy atom. The molecule has 0 bridgehead atoms. The summed E-state index contributed by atoms with van der Waals surface area (Å²) in [5.41, 5.74) is 0.368. The summed E-state index contributed by atoms with van der Waals surface area (Å²) < 4.78 is 11.6. The van der Waals surface area contributed by atoms with Crippen LogP contribution in [0.4, 0.5) is 10.5 Å². The standard InChI is InChI=1S/C30H30N6O6/c1-18(2)23(24(38)26-34-35-28(42-26)30(14-15-30)20-12-8-5-9-13-20)33-22(37)17-36-25(19-10-6-4-7-11-19)31-16-21(27(36)39)32-29(40)41-3/h4-13,16,18,23H,14-15,17H2,1-3H3,(H,32,40)(H,33,37)/t23-/m0/s1. The molecule has 0 aliphatic heterocycles. The van der Waals surface area contributed by atoms with E-state index in [-0.39, 0.29) is 23.3 Å². The van der Waals surface area contributed by atoms with Gasteiger partial charge in [-0.1, -0.05) is 74.5 Å². The van der Waals surface area contributed by atoms with Gasteiger partial charge in [0.05, 0.1) is 24.8 Å². The van der Waals surface area contributed by atoms with Crippen molar-refractivity contribution in [3.05, 3.63) is 94.6 Å². The molecule has 0 spiro atoms. The van der Waals surface area contributed by atoms with Crippen LogP contribution in [0.5, 0.6) is 0 Å². The fourth-order valence-corrected chi connectivity index (χ4v) is 4.76. The highest BCUT2D eigenvalue weighted by Gasteiger charge is 2.51. The number of hydrogen-bond acceptors (Lipinski definition) is 9. The number of Topliss-reactive ketones (excluding diaryl/α,β-unsaturated/α-hetero) is 1. The van der Waals surface area contributed by atoms with Crippen LogP contribution in [0, 0.1) is 5.92 Å². The van der Waals surface area contributed by atoms with E-state index >= 15 is 0 Å². The van der Waals surface area contributed by atoms with E-state index in [9.17, 15) is 19.2 Å². The number of ketones is 1. The van der Waals surface area contributed by atoms with Gasteiger partial charge in [-0.3, -0.25) is 24.3 Å². The molecule has 1 saturated carbocycles. The Morgan fingerprint density at radius 2 is 1.69 bits per heavy atom. The summed E-state index contributed by atoms with van der Waals surface area (Å²) in [6.45, 7) is 3.07. The molecule has 2 aromatic carbocycles. The van der Waals surface area contributed by atoms with Gasteiger partial charge in [0.15, 0.2) is 0 Å². The maximum Gasteiger partial charge on any atom is 0.411 e. The monoisotopic (exact) mass is 570 g/mol. The second kappa shape index (κ2) is 11.8. The normalized spacial score (nSPS) is 14.2. The molecule has 216 valence electrons. The number of aromatic nitrogens is 4. The van der Waals surface area contributed by atoms with Crippen LogP contribution in [0.3, 0.4) is 0 Å². The number of amides is 2. The van der Waals surface area contributed by atoms with Crippen molar-refractivity contribution in [2.75, 3.05) is 12.4 Å². The van der Waals surface area contributed by atoms with Gasteiger partial charge in [-0.15, -0.1) is 10.2 Å². The Morgan fingerprint density at radius 3 is 2.31 bits per heavy atom. The lowest BCUT2D eigenvalue weighted by Crippen LogP contribution is -2.46. The predicted octanol–water partition coefficient (Wildman–Crippen LogP) is 3.58. The molecule has 0 saturated heterocycles. The lowest BCUT2D eigenvalue weighted by atomic mass is 9.96. The first-order chi connectivity index (χ1) is 20.2. The number of nitrogens with zero attached hydrogens (tertiary/aromatic N) is 4. The zero-order valence-electron chi connectivity index (χ0n) is 23.4. The minimum atomic E-state index is -1.00. The minimum Gasteiger partial charge on any atom is -0.453 e. The molecule has 42 heavy (non-hydrogen) atoms. The highest BCUT2D eigenvalue weighted by atomic mass is 16.5. The number of carbonyl (C=O) groups excluding carboxylic acids is 3. The zero-order chi connectivity index (χ0) is 29.9. The smallest absolute Gasteiger partial charge is 0.411 e. The Hall–Kier alpha value is -5.13. The Balaban J connectivity index is 1.38. The first-order valence-electron chi connectivity index (χ1n) is 13.5. The van der Waals surface area contributed by atoms with E-state index in [0.717, 1.165) is 30.1 Å². The molecular weight excluding hydrogens is 540 g/mol. The Labute approximate surface area is 241 Å². The predicted molar refractivity (Wildman–Crippen MR) is 152 cm³/mol. The number of hydrogen-bond donors (Lipinski definition) is 2. The average molecular weight is 571 g/mol. The average Bonchev–Trinajstić information content (AvgIpc) is 3.66. The van der Waals surface area contributed by atoms with Gasteiger partial charge in [0.1, 0.15) is 18.1 Å². The van der Waals surface area contributed by atoms with Crippen molar-refractivity contribution in [3.8, 4) is 11.4 Å². The third kappa shape index (κ3) is 5.69. The van der Waals surface area contributed by atoms with Crippen LogP contribution in [0.15, 0.2) is 76.1 Å². The summed E-state index contributed by atoms with van der Waals surface area (Å²) in [5.74, 6) is -1.12. The molecule has 2 amide bonds. The minimum absolute atomic E-state index is 0.170. The topological polar surface area (TPSA) is 158 Å². The summed E-state index contributed by atoms with van der Waals surface area (Å²) in [4.78, 5) is 56.2. The summed E-state index contributed by atoms with van der Waals surface area (Å²) in [6.07, 6.45) is 1.99. The number of methoxy groups -OCH3 is 1. The van der Waals surface area contributed by atoms with E-state index in [1.54, 1.807) is 44.2 Å². The van der Waals surface area contributed by atoms with Crippen LogP contribution >= 0.6 is 0 Å². The van der Waals surface area contributed by atoms with Gasteiger partial charge in [0.2, 0.25) is 17.6 Å². The molecule has 1 atom stereocenters. The summed E-state index contributed by atoms with van der Waals surface area (Å²) in [5, 5.41) is 13.2. The molecular formula is C30H30N6O6. The van der Waals surface area contributed by atoms with Crippen LogP contribution < -0.4 is 16.2 Å². The van der Waals surface area contributed by atoms with Crippen LogP contribution in [0.2, 0.25) is 0 Å². The summed E-state index contributed by atoms with van der Waals surface area (Å²) >= 11 is 0. The van der Waals surface area contributed by atoms with Crippen LogP contribution in [0.1, 0.15) is 48.8 Å². The van der Waals surface area contributed by atoms with E-state index in [0.29, 0.717) is 11.5 Å². The highest BCUT2D eigenvalue weighted by Crippen LogP contribution is 2.52. The summed E-state index contributed by atoms with van der Waals surface area (Å²) in [7, 11) is 1.16. The van der Waals surface area contributed by atoms with E-state index in [2.05, 4.69) is 30.6 Å². The maximum atomic E-state index is 13.5. The number of anilines is 1. The van der Waals surface area contributed by atoms with Gasteiger partial charge in [-0.2, -0.15) is 0 Å². The molecule has 1 aliphatic carbocycles. The van der Waals surface area contributed by atoms with Crippen molar-refractivity contribution >= 4 is 23.5 Å². The SMILES string of the molecule is COC(=O)Nc1cnc(-c2ccccc2)n(CC(=O)N[C@H](C(=O)c2nnc(C3(c4ccccc4)CC3)o2)C(C)C)c1=O. The molecule has 0 unspecified atom stereocenters. The highest BCUT2D eigenvalue weighted by molar-refractivity contribution is 5.98. The number of rotatable bonds is 10. The van der Waals surface area contributed by atoms with Crippen molar-refractivity contribution in [3.63, 3.8) is 0 Å². The fraction of sp³-hybridized carbons (Fsp3) is 0.300.